The van der Waals surface area contributed by atoms with Gasteiger partial charge in [-0.1, -0.05) is 18.2 Å². The Balaban J connectivity index is 1.51. The standard InChI is InChI=1S/C20H21N5O5/c1-11(21-19(28)23-13-6-4-3-5-7-13)18(27)30-12(2)17(26)22-14-8-9-15-16(10-14)25-20(29)24-15/h3-12H,1-2H3,(H,22,26)(H2,21,23,28)(H2,24,25,29)/t11-,12+/m0/s1. The van der Waals surface area contributed by atoms with Crippen LogP contribution in [0.25, 0.3) is 11.0 Å². The molecule has 0 aliphatic carbocycles. The lowest BCUT2D eigenvalue weighted by Crippen LogP contribution is -2.44. The lowest BCUT2D eigenvalue weighted by molar-refractivity contribution is -0.154. The number of rotatable bonds is 6. The Kier molecular flexibility index (Phi) is 6.16. The van der Waals surface area contributed by atoms with E-state index in [0.717, 1.165) is 0 Å². The van der Waals surface area contributed by atoms with Crippen LogP contribution in [0, 0.1) is 0 Å². The van der Waals surface area contributed by atoms with Gasteiger partial charge in [0.05, 0.1) is 11.0 Å². The van der Waals surface area contributed by atoms with Gasteiger partial charge in [-0.3, -0.25) is 4.79 Å². The van der Waals surface area contributed by atoms with Crippen molar-refractivity contribution in [1.29, 1.82) is 0 Å². The van der Waals surface area contributed by atoms with Crippen molar-refractivity contribution in [1.82, 2.24) is 15.3 Å². The van der Waals surface area contributed by atoms with Crippen LogP contribution in [0.2, 0.25) is 0 Å². The summed E-state index contributed by atoms with van der Waals surface area (Å²) in [6.07, 6.45) is -1.10. The van der Waals surface area contributed by atoms with Gasteiger partial charge < -0.3 is 30.7 Å². The van der Waals surface area contributed by atoms with Crippen LogP contribution in [0.4, 0.5) is 16.2 Å². The fourth-order valence-electron chi connectivity index (χ4n) is 2.63. The van der Waals surface area contributed by atoms with Crippen LogP contribution in [-0.2, 0) is 14.3 Å². The number of anilines is 2. The molecule has 0 saturated heterocycles. The molecule has 2 atom stereocenters. The van der Waals surface area contributed by atoms with Crippen molar-refractivity contribution in [3.05, 3.63) is 59.0 Å². The normalized spacial score (nSPS) is 12.6. The Morgan fingerprint density at radius 3 is 2.33 bits per heavy atom. The third kappa shape index (κ3) is 5.25. The number of urea groups is 1. The minimum absolute atomic E-state index is 0.353. The molecule has 0 aliphatic heterocycles. The van der Waals surface area contributed by atoms with Crippen molar-refractivity contribution in [3.63, 3.8) is 0 Å². The third-order valence-electron chi connectivity index (χ3n) is 4.18. The molecule has 3 amide bonds. The Morgan fingerprint density at radius 1 is 0.900 bits per heavy atom. The minimum atomic E-state index is -1.10. The van der Waals surface area contributed by atoms with Gasteiger partial charge in [-0.15, -0.1) is 0 Å². The number of aromatic amines is 2. The molecular formula is C20H21N5O5. The van der Waals surface area contributed by atoms with Gasteiger partial charge in [0.1, 0.15) is 6.04 Å². The number of esters is 1. The highest BCUT2D eigenvalue weighted by molar-refractivity contribution is 5.97. The van der Waals surface area contributed by atoms with E-state index >= 15 is 0 Å². The molecule has 3 aromatic rings. The van der Waals surface area contributed by atoms with E-state index in [4.69, 9.17) is 4.74 Å². The van der Waals surface area contributed by atoms with E-state index in [2.05, 4.69) is 25.9 Å². The number of fused-ring (bicyclic) bond motifs is 1. The number of ether oxygens (including phenoxy) is 1. The highest BCUT2D eigenvalue weighted by atomic mass is 16.5. The van der Waals surface area contributed by atoms with Gasteiger partial charge in [0.25, 0.3) is 5.91 Å². The number of H-pyrrole nitrogens is 2. The maximum atomic E-state index is 12.3. The van der Waals surface area contributed by atoms with Crippen molar-refractivity contribution < 1.29 is 19.1 Å². The summed E-state index contributed by atoms with van der Waals surface area (Å²) in [7, 11) is 0. The van der Waals surface area contributed by atoms with Crippen molar-refractivity contribution >= 4 is 40.3 Å². The van der Waals surface area contributed by atoms with Crippen LogP contribution >= 0.6 is 0 Å². The Bertz CT molecular complexity index is 1120. The molecule has 0 aliphatic rings. The van der Waals surface area contributed by atoms with Gasteiger partial charge in [0.2, 0.25) is 0 Å². The second-order valence-electron chi connectivity index (χ2n) is 6.59. The predicted molar refractivity (Wildman–Crippen MR) is 111 cm³/mol. The molecule has 0 fully saturated rings. The molecule has 1 heterocycles. The zero-order chi connectivity index (χ0) is 21.7. The quantitative estimate of drug-likeness (QED) is 0.394. The number of hydrogen-bond donors (Lipinski definition) is 5. The lowest BCUT2D eigenvalue weighted by Gasteiger charge is -2.18. The number of nitrogens with one attached hydrogen (secondary N) is 5. The maximum Gasteiger partial charge on any atom is 0.329 e. The molecule has 156 valence electrons. The van der Waals surface area contributed by atoms with E-state index in [-0.39, 0.29) is 5.69 Å². The molecule has 10 heteroatoms. The summed E-state index contributed by atoms with van der Waals surface area (Å²) in [5, 5.41) is 7.65. The van der Waals surface area contributed by atoms with E-state index in [1.54, 1.807) is 42.5 Å². The summed E-state index contributed by atoms with van der Waals surface area (Å²) in [6, 6.07) is 12.0. The molecule has 10 nitrogen and oxygen atoms in total. The summed E-state index contributed by atoms with van der Waals surface area (Å²) < 4.78 is 5.13. The summed E-state index contributed by atoms with van der Waals surface area (Å²) >= 11 is 0. The molecule has 2 aromatic carbocycles. The first-order valence-corrected chi connectivity index (χ1v) is 9.18. The van der Waals surface area contributed by atoms with Crippen LogP contribution in [0.3, 0.4) is 0 Å². The lowest BCUT2D eigenvalue weighted by atomic mass is 10.2. The van der Waals surface area contributed by atoms with Gasteiger partial charge in [0.15, 0.2) is 6.10 Å². The van der Waals surface area contributed by atoms with Gasteiger partial charge in [0, 0.05) is 11.4 Å². The summed E-state index contributed by atoms with van der Waals surface area (Å²) in [6.45, 7) is 2.87. The zero-order valence-electron chi connectivity index (χ0n) is 16.3. The van der Waals surface area contributed by atoms with Crippen molar-refractivity contribution in [3.8, 4) is 0 Å². The third-order valence-corrected chi connectivity index (χ3v) is 4.18. The zero-order valence-corrected chi connectivity index (χ0v) is 16.3. The van der Waals surface area contributed by atoms with Gasteiger partial charge in [-0.2, -0.15) is 0 Å². The number of benzene rings is 2. The molecule has 0 spiro atoms. The number of amides is 3. The van der Waals surface area contributed by atoms with Crippen LogP contribution in [0.5, 0.6) is 0 Å². The first-order valence-electron chi connectivity index (χ1n) is 9.18. The molecule has 3 rings (SSSR count). The maximum absolute atomic E-state index is 12.3. The molecule has 0 bridgehead atoms. The number of carbonyl (C=O) groups is 3. The molecule has 1 aromatic heterocycles. The number of carbonyl (C=O) groups excluding carboxylic acids is 3. The van der Waals surface area contributed by atoms with E-state index < -0.39 is 30.1 Å². The largest absolute Gasteiger partial charge is 0.451 e. The first-order chi connectivity index (χ1) is 14.3. The smallest absolute Gasteiger partial charge is 0.329 e. The molecule has 0 unspecified atom stereocenters. The molecular weight excluding hydrogens is 390 g/mol. The average Bonchev–Trinajstić information content (AvgIpc) is 3.07. The summed E-state index contributed by atoms with van der Waals surface area (Å²) in [5.41, 5.74) is 1.78. The first kappa shape index (κ1) is 20.6. The number of para-hydroxylation sites is 1. The summed E-state index contributed by atoms with van der Waals surface area (Å²) in [5.74, 6) is -1.31. The van der Waals surface area contributed by atoms with Gasteiger partial charge >= 0.3 is 17.7 Å². The highest BCUT2D eigenvalue weighted by Crippen LogP contribution is 2.15. The van der Waals surface area contributed by atoms with E-state index in [0.29, 0.717) is 22.4 Å². The second kappa shape index (κ2) is 8.95. The topological polar surface area (TPSA) is 145 Å². The number of imidazole rings is 1. The summed E-state index contributed by atoms with van der Waals surface area (Å²) in [4.78, 5) is 52.9. The predicted octanol–water partition coefficient (Wildman–Crippen LogP) is 1.94. The Hall–Kier alpha value is -4.08. The van der Waals surface area contributed by atoms with Crippen molar-refractivity contribution in [2.24, 2.45) is 0 Å². The number of hydrogen-bond acceptors (Lipinski definition) is 5. The van der Waals surface area contributed by atoms with Gasteiger partial charge in [-0.25, -0.2) is 14.4 Å². The van der Waals surface area contributed by atoms with Crippen LogP contribution in [-0.4, -0.2) is 40.0 Å². The van der Waals surface area contributed by atoms with Crippen LogP contribution in [0.15, 0.2) is 53.3 Å². The minimum Gasteiger partial charge on any atom is -0.451 e. The Morgan fingerprint density at radius 2 is 1.60 bits per heavy atom. The van der Waals surface area contributed by atoms with Gasteiger partial charge in [-0.05, 0) is 44.2 Å². The van der Waals surface area contributed by atoms with Crippen LogP contribution < -0.4 is 21.6 Å². The molecule has 0 radical (unpaired) electrons. The van der Waals surface area contributed by atoms with E-state index in [1.165, 1.54) is 13.8 Å². The number of aromatic nitrogens is 2. The molecule has 30 heavy (non-hydrogen) atoms. The fraction of sp³-hybridized carbons (Fsp3) is 0.200. The second-order valence-corrected chi connectivity index (χ2v) is 6.59. The molecule has 5 N–H and O–H groups in total. The van der Waals surface area contributed by atoms with E-state index in [9.17, 15) is 19.2 Å². The fourth-order valence-corrected chi connectivity index (χ4v) is 2.63. The van der Waals surface area contributed by atoms with E-state index in [1.807, 2.05) is 6.07 Å². The SMILES string of the molecule is C[C@H](NC(=O)Nc1ccccc1)C(=O)O[C@H](C)C(=O)Nc1ccc2[nH]c(=O)[nH]c2c1. The Labute approximate surface area is 171 Å². The highest BCUT2D eigenvalue weighted by Gasteiger charge is 2.23. The van der Waals surface area contributed by atoms with Crippen LogP contribution in [0.1, 0.15) is 13.8 Å². The molecule has 0 saturated carbocycles. The monoisotopic (exact) mass is 411 g/mol. The average molecular weight is 411 g/mol. The van der Waals surface area contributed by atoms with Crippen molar-refractivity contribution in [2.75, 3.05) is 10.6 Å². The van der Waals surface area contributed by atoms with Crippen molar-refractivity contribution in [2.45, 2.75) is 26.0 Å².